The maximum atomic E-state index is 11.3. The van der Waals surface area contributed by atoms with Crippen molar-refractivity contribution in [2.45, 2.75) is 13.8 Å². The Balaban J connectivity index is 3.72. The van der Waals surface area contributed by atoms with Crippen LogP contribution in [0.3, 0.4) is 0 Å². The predicted octanol–water partition coefficient (Wildman–Crippen LogP) is 0.121. The first-order valence-corrected chi connectivity index (χ1v) is 7.32. The van der Waals surface area contributed by atoms with E-state index in [0.29, 0.717) is 0 Å². The highest BCUT2D eigenvalue weighted by molar-refractivity contribution is 5.91. The average Bonchev–Trinajstić information content (AvgIpc) is 2.54. The largest absolute Gasteiger partial charge is 0.461 e. The molecular formula is C14H22N2O8. The molecule has 0 bridgehead atoms. The van der Waals surface area contributed by atoms with E-state index in [1.165, 1.54) is 0 Å². The van der Waals surface area contributed by atoms with E-state index in [1.807, 2.05) is 0 Å². The maximum absolute atomic E-state index is 11.3. The number of carbonyl (C=O) groups is 4. The summed E-state index contributed by atoms with van der Waals surface area (Å²) in [7, 11) is 0. The standard InChI is InChI=1S/C14H22N2O8/c1-3-21-13(19)15-7-9-23-11(17)5-6-12(18)24-10-8-16-14(20)22-4-2/h5-6H,3-4,7-10H2,1-2H3,(H,15,19)(H,16,20)/b6-5+. The SMILES string of the molecule is CCOC(=O)NCCOC(=O)/C=C/C(=O)OCCNC(=O)OCC. The van der Waals surface area contributed by atoms with Crippen molar-refractivity contribution in [3.63, 3.8) is 0 Å². The molecule has 0 spiro atoms. The molecule has 0 fully saturated rings. The van der Waals surface area contributed by atoms with Gasteiger partial charge in [0.25, 0.3) is 0 Å². The van der Waals surface area contributed by atoms with Crippen molar-refractivity contribution < 1.29 is 38.1 Å². The van der Waals surface area contributed by atoms with Gasteiger partial charge in [0, 0.05) is 12.2 Å². The van der Waals surface area contributed by atoms with Gasteiger partial charge in [0.15, 0.2) is 0 Å². The molecule has 0 saturated heterocycles. The Morgan fingerprint density at radius 2 is 1.08 bits per heavy atom. The lowest BCUT2D eigenvalue weighted by molar-refractivity contribution is -0.140. The molecule has 0 aromatic heterocycles. The molecule has 0 aliphatic heterocycles. The van der Waals surface area contributed by atoms with E-state index in [1.54, 1.807) is 13.8 Å². The molecular weight excluding hydrogens is 324 g/mol. The highest BCUT2D eigenvalue weighted by atomic mass is 16.6. The molecule has 10 nitrogen and oxygen atoms in total. The molecule has 10 heteroatoms. The van der Waals surface area contributed by atoms with E-state index in [-0.39, 0.29) is 39.5 Å². The van der Waals surface area contributed by atoms with Gasteiger partial charge in [-0.2, -0.15) is 0 Å². The normalized spacial score (nSPS) is 9.92. The van der Waals surface area contributed by atoms with Crippen LogP contribution in [0.4, 0.5) is 9.59 Å². The van der Waals surface area contributed by atoms with Crippen LogP contribution in [0.1, 0.15) is 13.8 Å². The van der Waals surface area contributed by atoms with Gasteiger partial charge < -0.3 is 29.6 Å². The Hall–Kier alpha value is -2.78. The van der Waals surface area contributed by atoms with E-state index >= 15 is 0 Å². The zero-order valence-corrected chi connectivity index (χ0v) is 13.7. The van der Waals surface area contributed by atoms with Crippen molar-refractivity contribution in [2.24, 2.45) is 0 Å². The van der Waals surface area contributed by atoms with E-state index in [0.717, 1.165) is 12.2 Å². The van der Waals surface area contributed by atoms with Crippen molar-refractivity contribution in [3.05, 3.63) is 12.2 Å². The third kappa shape index (κ3) is 12.9. The molecule has 136 valence electrons. The lowest BCUT2D eigenvalue weighted by Crippen LogP contribution is -2.28. The summed E-state index contributed by atoms with van der Waals surface area (Å²) < 4.78 is 18.7. The summed E-state index contributed by atoms with van der Waals surface area (Å²) in [6.45, 7) is 3.84. The van der Waals surface area contributed by atoms with Crippen LogP contribution in [0.2, 0.25) is 0 Å². The number of alkyl carbamates (subject to hydrolysis) is 2. The maximum Gasteiger partial charge on any atom is 0.407 e. The minimum atomic E-state index is -0.762. The van der Waals surface area contributed by atoms with E-state index in [9.17, 15) is 19.2 Å². The summed E-state index contributed by atoms with van der Waals surface area (Å²) in [5.74, 6) is -1.52. The van der Waals surface area contributed by atoms with Gasteiger partial charge in [0.05, 0.1) is 26.3 Å². The first-order valence-electron chi connectivity index (χ1n) is 7.32. The predicted molar refractivity (Wildman–Crippen MR) is 81.1 cm³/mol. The van der Waals surface area contributed by atoms with E-state index in [4.69, 9.17) is 9.47 Å². The second kappa shape index (κ2) is 13.9. The van der Waals surface area contributed by atoms with E-state index in [2.05, 4.69) is 20.1 Å². The molecule has 0 aromatic carbocycles. The summed E-state index contributed by atoms with van der Waals surface area (Å²) in [4.78, 5) is 44.4. The molecule has 0 rings (SSSR count). The van der Waals surface area contributed by atoms with Crippen molar-refractivity contribution in [1.82, 2.24) is 10.6 Å². The Morgan fingerprint density at radius 1 is 0.708 bits per heavy atom. The van der Waals surface area contributed by atoms with Gasteiger partial charge in [0.2, 0.25) is 0 Å². The minimum absolute atomic E-state index is 0.0690. The fourth-order valence-corrected chi connectivity index (χ4v) is 1.21. The molecule has 0 aliphatic rings. The number of esters is 2. The zero-order chi connectivity index (χ0) is 18.2. The molecule has 0 aromatic rings. The van der Waals surface area contributed by atoms with Gasteiger partial charge in [0.1, 0.15) is 13.2 Å². The molecule has 0 unspecified atom stereocenters. The number of carbonyl (C=O) groups excluding carboxylic acids is 4. The van der Waals surface area contributed by atoms with Crippen LogP contribution >= 0.6 is 0 Å². The summed E-state index contributed by atoms with van der Waals surface area (Å²) in [5.41, 5.74) is 0. The molecule has 2 amide bonds. The Labute approximate surface area is 139 Å². The van der Waals surface area contributed by atoms with Crippen LogP contribution in [-0.4, -0.2) is 63.6 Å². The third-order valence-corrected chi connectivity index (χ3v) is 2.14. The molecule has 0 aliphatic carbocycles. The van der Waals surface area contributed by atoms with Crippen LogP contribution in [0.25, 0.3) is 0 Å². The first-order chi connectivity index (χ1) is 11.5. The third-order valence-electron chi connectivity index (χ3n) is 2.14. The number of nitrogens with one attached hydrogen (secondary N) is 2. The summed E-state index contributed by atoms with van der Waals surface area (Å²) in [6, 6.07) is 0. The number of rotatable bonds is 10. The van der Waals surface area contributed by atoms with Gasteiger partial charge in [-0.3, -0.25) is 0 Å². The van der Waals surface area contributed by atoms with Crippen molar-refractivity contribution in [1.29, 1.82) is 0 Å². The highest BCUT2D eigenvalue weighted by Crippen LogP contribution is 1.86. The van der Waals surface area contributed by atoms with Crippen LogP contribution in [0, 0.1) is 0 Å². The molecule has 0 radical (unpaired) electrons. The van der Waals surface area contributed by atoms with Crippen LogP contribution in [0.15, 0.2) is 12.2 Å². The fourth-order valence-electron chi connectivity index (χ4n) is 1.21. The molecule has 2 N–H and O–H groups in total. The van der Waals surface area contributed by atoms with Gasteiger partial charge >= 0.3 is 24.1 Å². The number of hydrogen-bond donors (Lipinski definition) is 2. The fraction of sp³-hybridized carbons (Fsp3) is 0.571. The Bertz CT molecular complexity index is 410. The minimum Gasteiger partial charge on any atom is -0.461 e. The summed E-state index contributed by atoms with van der Waals surface area (Å²) >= 11 is 0. The van der Waals surface area contributed by atoms with Crippen molar-refractivity contribution in [3.8, 4) is 0 Å². The average molecular weight is 346 g/mol. The number of amides is 2. The molecule has 0 atom stereocenters. The Kier molecular flexibility index (Phi) is 12.2. The summed E-state index contributed by atoms with van der Waals surface area (Å²) in [5, 5.41) is 4.71. The molecule has 0 saturated carbocycles. The number of hydrogen-bond acceptors (Lipinski definition) is 8. The summed E-state index contributed by atoms with van der Waals surface area (Å²) in [6.07, 6.45) is 0.574. The topological polar surface area (TPSA) is 129 Å². The van der Waals surface area contributed by atoms with Crippen molar-refractivity contribution in [2.75, 3.05) is 39.5 Å². The van der Waals surface area contributed by atoms with Gasteiger partial charge in [-0.05, 0) is 13.8 Å². The lowest BCUT2D eigenvalue weighted by Gasteiger charge is -2.05. The monoisotopic (exact) mass is 346 g/mol. The Morgan fingerprint density at radius 3 is 1.42 bits per heavy atom. The first kappa shape index (κ1) is 21.2. The second-order valence-electron chi connectivity index (χ2n) is 3.96. The van der Waals surface area contributed by atoms with Gasteiger partial charge in [-0.15, -0.1) is 0 Å². The number of ether oxygens (including phenoxy) is 4. The van der Waals surface area contributed by atoms with Gasteiger partial charge in [-0.25, -0.2) is 19.2 Å². The lowest BCUT2D eigenvalue weighted by atomic mass is 10.5. The van der Waals surface area contributed by atoms with Crippen LogP contribution in [-0.2, 0) is 28.5 Å². The van der Waals surface area contributed by atoms with Gasteiger partial charge in [-0.1, -0.05) is 0 Å². The molecule has 0 heterocycles. The van der Waals surface area contributed by atoms with E-state index < -0.39 is 24.1 Å². The van der Waals surface area contributed by atoms with Crippen molar-refractivity contribution >= 4 is 24.1 Å². The molecule has 24 heavy (non-hydrogen) atoms. The second-order valence-corrected chi connectivity index (χ2v) is 3.96. The smallest absolute Gasteiger partial charge is 0.407 e. The van der Waals surface area contributed by atoms with Crippen LogP contribution < -0.4 is 10.6 Å². The zero-order valence-electron chi connectivity index (χ0n) is 13.7. The highest BCUT2D eigenvalue weighted by Gasteiger charge is 2.04. The van der Waals surface area contributed by atoms with Crippen LogP contribution in [0.5, 0.6) is 0 Å². The quantitative estimate of drug-likeness (QED) is 0.247.